The highest BCUT2D eigenvalue weighted by atomic mass is 16.7. The Bertz CT molecular complexity index is 670. The quantitative estimate of drug-likeness (QED) is 0.787. The van der Waals surface area contributed by atoms with Crippen molar-refractivity contribution in [3.63, 3.8) is 0 Å². The Morgan fingerprint density at radius 2 is 1.82 bits per heavy atom. The van der Waals surface area contributed by atoms with Crippen molar-refractivity contribution in [3.8, 4) is 11.7 Å². The lowest BCUT2D eigenvalue weighted by Crippen LogP contribution is -2.41. The Morgan fingerprint density at radius 1 is 1.14 bits per heavy atom. The van der Waals surface area contributed by atoms with Crippen LogP contribution < -0.4 is 10.3 Å². The SMILES string of the molecule is COc1cccc(-n2cc(B3OC(C)(C)C(C)(C)O3)nn2)n1. The number of ether oxygens (including phenoxy) is 1. The molecular formula is C14H19BN4O3. The monoisotopic (exact) mass is 302 g/mol. The molecule has 1 fully saturated rings. The van der Waals surface area contributed by atoms with E-state index in [-0.39, 0.29) is 0 Å². The summed E-state index contributed by atoms with van der Waals surface area (Å²) in [4.78, 5) is 4.32. The summed E-state index contributed by atoms with van der Waals surface area (Å²) in [5.41, 5.74) is -0.200. The molecule has 0 unspecified atom stereocenters. The highest BCUT2D eigenvalue weighted by Gasteiger charge is 2.52. The summed E-state index contributed by atoms with van der Waals surface area (Å²) < 4.78 is 18.6. The molecule has 1 aliphatic heterocycles. The molecule has 22 heavy (non-hydrogen) atoms. The van der Waals surface area contributed by atoms with E-state index in [2.05, 4.69) is 15.3 Å². The van der Waals surface area contributed by atoms with Crippen LogP contribution in [0, 0.1) is 0 Å². The van der Waals surface area contributed by atoms with Crippen molar-refractivity contribution in [2.45, 2.75) is 38.9 Å². The van der Waals surface area contributed by atoms with Gasteiger partial charge in [0.25, 0.3) is 0 Å². The molecule has 0 N–H and O–H groups in total. The molecule has 0 spiro atoms. The highest BCUT2D eigenvalue weighted by molar-refractivity contribution is 6.61. The van der Waals surface area contributed by atoms with Crippen LogP contribution in [-0.2, 0) is 9.31 Å². The summed E-state index contributed by atoms with van der Waals surface area (Å²) in [5.74, 6) is 1.14. The molecule has 7 nitrogen and oxygen atoms in total. The molecule has 0 aliphatic carbocycles. The van der Waals surface area contributed by atoms with E-state index < -0.39 is 18.3 Å². The van der Waals surface area contributed by atoms with Crippen molar-refractivity contribution in [2.24, 2.45) is 0 Å². The van der Waals surface area contributed by atoms with Gasteiger partial charge in [-0.15, -0.1) is 5.10 Å². The second-order valence-electron chi connectivity index (χ2n) is 6.21. The van der Waals surface area contributed by atoms with Gasteiger partial charge in [-0.3, -0.25) is 0 Å². The second kappa shape index (κ2) is 5.07. The summed E-state index contributed by atoms with van der Waals surface area (Å²) in [5, 5.41) is 8.23. The van der Waals surface area contributed by atoms with E-state index in [1.165, 1.54) is 0 Å². The van der Waals surface area contributed by atoms with Crippen molar-refractivity contribution in [2.75, 3.05) is 7.11 Å². The zero-order valence-corrected chi connectivity index (χ0v) is 13.4. The summed E-state index contributed by atoms with van der Waals surface area (Å²) in [6.07, 6.45) is 1.75. The largest absolute Gasteiger partial charge is 0.518 e. The summed E-state index contributed by atoms with van der Waals surface area (Å²) in [7, 11) is 1.04. The fourth-order valence-electron chi connectivity index (χ4n) is 2.11. The lowest BCUT2D eigenvalue weighted by Gasteiger charge is -2.32. The first kappa shape index (κ1) is 15.0. The van der Waals surface area contributed by atoms with Gasteiger partial charge < -0.3 is 14.0 Å². The van der Waals surface area contributed by atoms with Crippen molar-refractivity contribution < 1.29 is 14.0 Å². The number of hydrogen-bond acceptors (Lipinski definition) is 6. The molecule has 3 heterocycles. The van der Waals surface area contributed by atoms with Gasteiger partial charge in [0.05, 0.1) is 24.5 Å². The lowest BCUT2D eigenvalue weighted by atomic mass is 9.86. The average Bonchev–Trinajstić information content (AvgIpc) is 3.02. The molecule has 0 saturated carbocycles. The van der Waals surface area contributed by atoms with Gasteiger partial charge in [0.15, 0.2) is 5.82 Å². The first-order chi connectivity index (χ1) is 10.3. The van der Waals surface area contributed by atoms with Gasteiger partial charge in [0.1, 0.15) is 5.59 Å². The predicted molar refractivity (Wildman–Crippen MR) is 81.4 cm³/mol. The van der Waals surface area contributed by atoms with Crippen LogP contribution in [0.3, 0.4) is 0 Å². The average molecular weight is 302 g/mol. The second-order valence-corrected chi connectivity index (χ2v) is 6.21. The first-order valence-electron chi connectivity index (χ1n) is 7.12. The van der Waals surface area contributed by atoms with E-state index in [1.807, 2.05) is 39.8 Å². The number of pyridine rings is 1. The molecule has 2 aromatic heterocycles. The normalized spacial score (nSPS) is 19.4. The van der Waals surface area contributed by atoms with Crippen LogP contribution in [0.1, 0.15) is 27.7 Å². The van der Waals surface area contributed by atoms with Crippen molar-refractivity contribution in [1.82, 2.24) is 20.0 Å². The molecule has 0 atom stereocenters. The van der Waals surface area contributed by atoms with Gasteiger partial charge >= 0.3 is 7.12 Å². The summed E-state index contributed by atoms with van der Waals surface area (Å²) >= 11 is 0. The van der Waals surface area contributed by atoms with Crippen molar-refractivity contribution in [3.05, 3.63) is 24.4 Å². The topological polar surface area (TPSA) is 71.3 Å². The number of nitrogens with zero attached hydrogens (tertiary/aromatic N) is 4. The molecule has 0 amide bonds. The number of hydrogen-bond donors (Lipinski definition) is 0. The van der Waals surface area contributed by atoms with Crippen LogP contribution in [-0.4, -0.2) is 45.4 Å². The minimum Gasteiger partial charge on any atom is -0.481 e. The molecule has 8 heteroatoms. The highest BCUT2D eigenvalue weighted by Crippen LogP contribution is 2.36. The lowest BCUT2D eigenvalue weighted by molar-refractivity contribution is 0.00578. The molecule has 1 aliphatic rings. The third-order valence-electron chi connectivity index (χ3n) is 4.16. The number of rotatable bonds is 3. The Hall–Kier alpha value is -1.93. The molecule has 2 aromatic rings. The maximum atomic E-state index is 5.96. The van der Waals surface area contributed by atoms with Gasteiger partial charge in [0.2, 0.25) is 5.88 Å². The maximum absolute atomic E-state index is 5.96. The van der Waals surface area contributed by atoms with Crippen molar-refractivity contribution in [1.29, 1.82) is 0 Å². The number of methoxy groups -OCH3 is 1. The van der Waals surface area contributed by atoms with E-state index in [9.17, 15) is 0 Å². The molecular weight excluding hydrogens is 283 g/mol. The Kier molecular flexibility index (Phi) is 3.45. The Morgan fingerprint density at radius 3 is 2.45 bits per heavy atom. The molecule has 1 saturated heterocycles. The fourth-order valence-corrected chi connectivity index (χ4v) is 2.11. The van der Waals surface area contributed by atoms with Gasteiger partial charge in [-0.25, -0.2) is 4.68 Å². The summed E-state index contributed by atoms with van der Waals surface area (Å²) in [6, 6.07) is 5.44. The molecule has 0 aromatic carbocycles. The third-order valence-corrected chi connectivity index (χ3v) is 4.16. The van der Waals surface area contributed by atoms with Crippen LogP contribution in [0.15, 0.2) is 24.4 Å². The van der Waals surface area contributed by atoms with Gasteiger partial charge in [-0.05, 0) is 33.8 Å². The molecule has 0 bridgehead atoms. The van der Waals surface area contributed by atoms with E-state index in [1.54, 1.807) is 24.1 Å². The Balaban J connectivity index is 1.86. The predicted octanol–water partition coefficient (Wildman–Crippen LogP) is 0.970. The van der Waals surface area contributed by atoms with E-state index in [0.29, 0.717) is 17.3 Å². The molecule has 116 valence electrons. The zero-order chi connectivity index (χ0) is 16.0. The van der Waals surface area contributed by atoms with Crippen LogP contribution in [0.4, 0.5) is 0 Å². The van der Waals surface area contributed by atoms with Crippen LogP contribution >= 0.6 is 0 Å². The zero-order valence-electron chi connectivity index (χ0n) is 13.4. The molecule has 0 radical (unpaired) electrons. The van der Waals surface area contributed by atoms with E-state index >= 15 is 0 Å². The van der Waals surface area contributed by atoms with Crippen LogP contribution in [0.2, 0.25) is 0 Å². The smallest absolute Gasteiger partial charge is 0.481 e. The Labute approximate surface area is 129 Å². The van der Waals surface area contributed by atoms with E-state index in [4.69, 9.17) is 14.0 Å². The minimum absolute atomic E-state index is 0.407. The molecule has 3 rings (SSSR count). The fraction of sp³-hybridized carbons (Fsp3) is 0.500. The first-order valence-corrected chi connectivity index (χ1v) is 7.12. The van der Waals surface area contributed by atoms with Gasteiger partial charge in [-0.1, -0.05) is 11.3 Å². The minimum atomic E-state index is -0.538. The van der Waals surface area contributed by atoms with Gasteiger partial charge in [0, 0.05) is 6.07 Å². The van der Waals surface area contributed by atoms with E-state index in [0.717, 1.165) is 0 Å². The summed E-state index contributed by atoms with van der Waals surface area (Å²) in [6.45, 7) is 8.00. The third kappa shape index (κ3) is 2.48. The van der Waals surface area contributed by atoms with Crippen molar-refractivity contribution >= 4 is 12.7 Å². The standard InChI is InChI=1S/C14H19BN4O3/c1-13(2)14(3,4)22-15(21-13)10-9-19(18-17-10)11-7-6-8-12(16-11)20-5/h6-9H,1-5H3. The number of aromatic nitrogens is 4. The van der Waals surface area contributed by atoms with Gasteiger partial charge in [-0.2, -0.15) is 4.98 Å². The van der Waals surface area contributed by atoms with Crippen LogP contribution in [0.25, 0.3) is 5.82 Å². The van der Waals surface area contributed by atoms with Crippen LogP contribution in [0.5, 0.6) is 5.88 Å². The maximum Gasteiger partial charge on any atom is 0.518 e.